The second kappa shape index (κ2) is 9.24. The summed E-state index contributed by atoms with van der Waals surface area (Å²) in [5, 5.41) is 0.592. The molecule has 1 saturated heterocycles. The van der Waals surface area contributed by atoms with E-state index in [1.807, 2.05) is 24.3 Å². The Balaban J connectivity index is 1.34. The van der Waals surface area contributed by atoms with Crippen molar-refractivity contribution in [1.82, 2.24) is 14.0 Å². The van der Waals surface area contributed by atoms with E-state index in [1.54, 1.807) is 18.3 Å². The molecule has 5 rings (SSSR count). The van der Waals surface area contributed by atoms with Crippen LogP contribution in [0.15, 0.2) is 59.3 Å². The van der Waals surface area contributed by atoms with Crippen LogP contribution in [0.3, 0.4) is 0 Å². The molecule has 1 spiro atoms. The third-order valence-corrected chi connectivity index (χ3v) is 9.41. The zero-order chi connectivity index (χ0) is 25.7. The first-order valence-corrected chi connectivity index (χ1v) is 13.4. The Labute approximate surface area is 212 Å². The number of pyridine rings is 1. The van der Waals surface area contributed by atoms with Gasteiger partial charge in [-0.1, -0.05) is 35.9 Å². The Kier molecular flexibility index (Phi) is 6.51. The molecule has 1 aromatic heterocycles. The zero-order valence-electron chi connectivity index (χ0n) is 19.1. The maximum absolute atomic E-state index is 13.2. The standard InChI is InChI=1S/C25H24ClF4N3O2S/c26-23-12-20-6-5-19(24(20)14-33(15-25(28,29)30)36(34,35)32-24)11-17(23)3-9-22-10-4-18(13-31-22)16-1-7-21(27)8-2-16/h1-4,7-10,13,19-20,32H,5-6,11-12,14-15H2/b9-3+. The first-order chi connectivity index (χ1) is 17.0. The summed E-state index contributed by atoms with van der Waals surface area (Å²) in [6.45, 7) is -1.71. The SMILES string of the molecule is O=S1(=O)NC2(CN1CC(F)(F)F)C1CCC2CC(/C=C/c2ccc(-c3ccc(F)cc3)cn2)=C(Cl)C1. The normalized spacial score (nSPS) is 28.4. The van der Waals surface area contributed by atoms with Gasteiger partial charge in [-0.05, 0) is 72.9 Å². The Morgan fingerprint density at radius 2 is 1.72 bits per heavy atom. The van der Waals surface area contributed by atoms with Gasteiger partial charge in [-0.3, -0.25) is 4.98 Å². The van der Waals surface area contributed by atoms with Crippen LogP contribution in [0, 0.1) is 17.7 Å². The number of allylic oxidation sites excluding steroid dienone is 3. The molecule has 11 heteroatoms. The molecular weight excluding hydrogens is 518 g/mol. The minimum atomic E-state index is -4.62. The fourth-order valence-corrected chi connectivity index (χ4v) is 7.72. The molecule has 2 heterocycles. The van der Waals surface area contributed by atoms with Crippen molar-refractivity contribution in [2.75, 3.05) is 13.1 Å². The van der Waals surface area contributed by atoms with Gasteiger partial charge in [0.25, 0.3) is 10.2 Å². The molecule has 2 fully saturated rings. The average Bonchev–Trinajstić information content (AvgIpc) is 3.21. The van der Waals surface area contributed by atoms with Crippen molar-refractivity contribution in [2.45, 2.75) is 37.4 Å². The highest BCUT2D eigenvalue weighted by Gasteiger charge is 2.60. The average molecular weight is 542 g/mol. The maximum Gasteiger partial charge on any atom is 0.402 e. The molecule has 3 unspecified atom stereocenters. The Morgan fingerprint density at radius 1 is 1.06 bits per heavy atom. The van der Waals surface area contributed by atoms with Crippen LogP contribution in [0.2, 0.25) is 0 Å². The van der Waals surface area contributed by atoms with Crippen LogP contribution in [-0.4, -0.2) is 42.5 Å². The van der Waals surface area contributed by atoms with E-state index in [9.17, 15) is 26.0 Å². The van der Waals surface area contributed by atoms with E-state index in [2.05, 4.69) is 9.71 Å². The summed E-state index contributed by atoms with van der Waals surface area (Å²) in [4.78, 5) is 4.44. The third kappa shape index (κ3) is 4.96. The highest BCUT2D eigenvalue weighted by molar-refractivity contribution is 7.87. The molecule has 1 saturated carbocycles. The molecule has 36 heavy (non-hydrogen) atoms. The predicted octanol–water partition coefficient (Wildman–Crippen LogP) is 5.66. The van der Waals surface area contributed by atoms with Gasteiger partial charge in [0.1, 0.15) is 12.4 Å². The summed E-state index contributed by atoms with van der Waals surface area (Å²) in [6, 6.07) is 9.83. The van der Waals surface area contributed by atoms with Gasteiger partial charge < -0.3 is 0 Å². The van der Waals surface area contributed by atoms with Crippen LogP contribution in [0.1, 0.15) is 31.4 Å². The maximum atomic E-state index is 13.2. The van der Waals surface area contributed by atoms with E-state index < -0.39 is 28.5 Å². The molecule has 1 N–H and O–H groups in total. The van der Waals surface area contributed by atoms with Crippen molar-refractivity contribution >= 4 is 27.9 Å². The van der Waals surface area contributed by atoms with Crippen molar-refractivity contribution in [1.29, 1.82) is 0 Å². The quantitative estimate of drug-likeness (QED) is 0.508. The number of aromatic nitrogens is 1. The molecule has 2 bridgehead atoms. The number of rotatable bonds is 4. The number of hydrogen-bond acceptors (Lipinski definition) is 3. The molecule has 3 atom stereocenters. The van der Waals surface area contributed by atoms with E-state index in [0.717, 1.165) is 16.7 Å². The second-order valence-corrected chi connectivity index (χ2v) is 11.8. The first kappa shape index (κ1) is 25.4. The van der Waals surface area contributed by atoms with Gasteiger partial charge in [-0.2, -0.15) is 30.6 Å². The Morgan fingerprint density at radius 3 is 2.36 bits per heavy atom. The second-order valence-electron chi connectivity index (χ2n) is 9.65. The van der Waals surface area contributed by atoms with Gasteiger partial charge in [0.2, 0.25) is 0 Å². The molecule has 2 aliphatic carbocycles. The highest BCUT2D eigenvalue weighted by atomic mass is 35.5. The van der Waals surface area contributed by atoms with Crippen LogP contribution in [0.25, 0.3) is 17.2 Å². The van der Waals surface area contributed by atoms with Gasteiger partial charge in [0.15, 0.2) is 0 Å². The lowest BCUT2D eigenvalue weighted by atomic mass is 9.79. The zero-order valence-corrected chi connectivity index (χ0v) is 20.7. The van der Waals surface area contributed by atoms with Gasteiger partial charge >= 0.3 is 6.18 Å². The van der Waals surface area contributed by atoms with Crippen LogP contribution in [0.5, 0.6) is 0 Å². The number of benzene rings is 1. The largest absolute Gasteiger partial charge is 0.402 e. The van der Waals surface area contributed by atoms with Gasteiger partial charge in [0.05, 0.1) is 11.2 Å². The summed E-state index contributed by atoms with van der Waals surface area (Å²) in [5.74, 6) is -0.656. The molecular formula is C25H24ClF4N3O2S. The van der Waals surface area contributed by atoms with Crippen molar-refractivity contribution < 1.29 is 26.0 Å². The molecule has 0 radical (unpaired) electrons. The lowest BCUT2D eigenvalue weighted by molar-refractivity contribution is -0.136. The van der Waals surface area contributed by atoms with Gasteiger partial charge in [-0.15, -0.1) is 0 Å². The third-order valence-electron chi connectivity index (χ3n) is 7.43. The number of hydrogen-bond donors (Lipinski definition) is 1. The minimum Gasteiger partial charge on any atom is -0.256 e. The fraction of sp³-hybridized carbons (Fsp3) is 0.400. The molecule has 2 aromatic rings. The molecule has 1 aliphatic heterocycles. The molecule has 0 amide bonds. The summed E-state index contributed by atoms with van der Waals surface area (Å²) < 4.78 is 80.5. The smallest absolute Gasteiger partial charge is 0.256 e. The summed E-state index contributed by atoms with van der Waals surface area (Å²) in [5.41, 5.74) is 2.24. The van der Waals surface area contributed by atoms with E-state index in [1.165, 1.54) is 12.1 Å². The topological polar surface area (TPSA) is 62.3 Å². The number of nitrogens with zero attached hydrogens (tertiary/aromatic N) is 2. The first-order valence-electron chi connectivity index (χ1n) is 11.6. The lowest BCUT2D eigenvalue weighted by Gasteiger charge is -2.34. The van der Waals surface area contributed by atoms with E-state index in [0.29, 0.717) is 40.7 Å². The predicted molar refractivity (Wildman–Crippen MR) is 129 cm³/mol. The van der Waals surface area contributed by atoms with Gasteiger partial charge in [0, 0.05) is 23.3 Å². The number of alkyl halides is 3. The van der Waals surface area contributed by atoms with Crippen molar-refractivity contribution in [3.05, 3.63) is 70.8 Å². The number of halogens is 5. The highest BCUT2D eigenvalue weighted by Crippen LogP contribution is 2.53. The van der Waals surface area contributed by atoms with Crippen molar-refractivity contribution in [3.8, 4) is 11.1 Å². The van der Waals surface area contributed by atoms with Crippen LogP contribution >= 0.6 is 11.6 Å². The molecule has 3 aliphatic rings. The number of nitrogens with one attached hydrogen (secondary N) is 1. The monoisotopic (exact) mass is 541 g/mol. The summed E-state index contributed by atoms with van der Waals surface area (Å²) >= 11 is 6.65. The fourth-order valence-electron chi connectivity index (χ4n) is 5.68. The van der Waals surface area contributed by atoms with Crippen LogP contribution < -0.4 is 4.72 Å². The van der Waals surface area contributed by atoms with Crippen molar-refractivity contribution in [2.24, 2.45) is 11.8 Å². The molecule has 1 aromatic carbocycles. The lowest BCUT2D eigenvalue weighted by Crippen LogP contribution is -2.51. The minimum absolute atomic E-state index is 0.166. The van der Waals surface area contributed by atoms with E-state index in [4.69, 9.17) is 11.6 Å². The summed E-state index contributed by atoms with van der Waals surface area (Å²) in [7, 11) is -4.24. The Hall–Kier alpha value is -2.27. The summed E-state index contributed by atoms with van der Waals surface area (Å²) in [6.07, 6.45) is 3.01. The molecule has 192 valence electrons. The van der Waals surface area contributed by atoms with Gasteiger partial charge in [-0.25, -0.2) is 4.39 Å². The Bertz CT molecular complexity index is 1310. The van der Waals surface area contributed by atoms with Crippen molar-refractivity contribution in [3.63, 3.8) is 0 Å². The molecule has 5 nitrogen and oxygen atoms in total. The van der Waals surface area contributed by atoms with Crippen LogP contribution in [0.4, 0.5) is 17.6 Å². The van der Waals surface area contributed by atoms with E-state index >= 15 is 0 Å². The van der Waals surface area contributed by atoms with Crippen LogP contribution in [-0.2, 0) is 10.2 Å². The van der Waals surface area contributed by atoms with E-state index in [-0.39, 0.29) is 24.2 Å².